The summed E-state index contributed by atoms with van der Waals surface area (Å²) >= 11 is 0. The zero-order chi connectivity index (χ0) is 25.5. The first-order valence-electron chi connectivity index (χ1n) is 11.9. The molecule has 3 rings (SSSR count). The Bertz CT molecular complexity index is 1040. The van der Waals surface area contributed by atoms with Crippen molar-refractivity contribution in [2.24, 2.45) is 5.92 Å². The number of rotatable bonds is 4. The maximum Gasteiger partial charge on any atom is 0.257 e. The van der Waals surface area contributed by atoms with Gasteiger partial charge >= 0.3 is 0 Å². The van der Waals surface area contributed by atoms with Gasteiger partial charge in [0, 0.05) is 45.8 Å². The van der Waals surface area contributed by atoms with E-state index in [-0.39, 0.29) is 48.8 Å². The molecule has 0 bridgehead atoms. The van der Waals surface area contributed by atoms with Crippen molar-refractivity contribution < 1.29 is 23.9 Å². The predicted octanol–water partition coefficient (Wildman–Crippen LogP) is 3.22. The molecule has 3 atom stereocenters. The van der Waals surface area contributed by atoms with Gasteiger partial charge in [0.25, 0.3) is 5.91 Å². The molecule has 1 aliphatic rings. The first kappa shape index (κ1) is 26.2. The Morgan fingerprint density at radius 3 is 2.49 bits per heavy atom. The molecule has 1 heterocycles. The van der Waals surface area contributed by atoms with E-state index in [1.54, 1.807) is 49.1 Å². The molecule has 0 radical (unpaired) electrons. The SMILES string of the molecule is CO[C@H]1CN(C)C(=O)c2cc(NC(=O)Cc3ccccc3)ccc2OC[C@H](C)N(C(C)=O)C[C@@H]1C. The Morgan fingerprint density at radius 2 is 1.83 bits per heavy atom. The molecule has 0 saturated heterocycles. The Balaban J connectivity index is 1.88. The minimum atomic E-state index is -0.254. The van der Waals surface area contributed by atoms with Gasteiger partial charge in [0.2, 0.25) is 11.8 Å². The third-order valence-electron chi connectivity index (χ3n) is 6.34. The summed E-state index contributed by atoms with van der Waals surface area (Å²) in [6, 6.07) is 14.3. The third kappa shape index (κ3) is 6.82. The van der Waals surface area contributed by atoms with Crippen molar-refractivity contribution >= 4 is 23.4 Å². The second-order valence-electron chi connectivity index (χ2n) is 9.19. The number of benzene rings is 2. The molecule has 0 aliphatic carbocycles. The highest BCUT2D eigenvalue weighted by molar-refractivity contribution is 5.99. The number of fused-ring (bicyclic) bond motifs is 1. The molecule has 8 nitrogen and oxygen atoms in total. The summed E-state index contributed by atoms with van der Waals surface area (Å²) in [6.45, 7) is 6.56. The normalized spacial score (nSPS) is 21.3. The van der Waals surface area contributed by atoms with E-state index in [0.717, 1.165) is 5.56 Å². The van der Waals surface area contributed by atoms with Crippen LogP contribution in [0, 0.1) is 5.92 Å². The fourth-order valence-corrected chi connectivity index (χ4v) is 4.28. The number of likely N-dealkylation sites (N-methyl/N-ethyl adjacent to an activating group) is 1. The van der Waals surface area contributed by atoms with Crippen molar-refractivity contribution in [2.45, 2.75) is 39.3 Å². The molecular weight excluding hydrogens is 446 g/mol. The Morgan fingerprint density at radius 1 is 1.11 bits per heavy atom. The summed E-state index contributed by atoms with van der Waals surface area (Å²) in [5.74, 6) is -0.0407. The number of carbonyl (C=O) groups excluding carboxylic acids is 3. The van der Waals surface area contributed by atoms with E-state index in [1.165, 1.54) is 0 Å². The summed E-state index contributed by atoms with van der Waals surface area (Å²) < 4.78 is 11.7. The number of nitrogens with zero attached hydrogens (tertiary/aromatic N) is 2. The van der Waals surface area contributed by atoms with Gasteiger partial charge in [-0.2, -0.15) is 0 Å². The van der Waals surface area contributed by atoms with Gasteiger partial charge in [-0.05, 0) is 30.7 Å². The van der Waals surface area contributed by atoms with Gasteiger partial charge in [0.15, 0.2) is 0 Å². The number of ether oxygens (including phenoxy) is 2. The molecule has 0 unspecified atom stereocenters. The number of hydrogen-bond acceptors (Lipinski definition) is 5. The summed E-state index contributed by atoms with van der Waals surface area (Å²) in [4.78, 5) is 41.7. The second kappa shape index (κ2) is 11.8. The third-order valence-corrected chi connectivity index (χ3v) is 6.34. The van der Waals surface area contributed by atoms with Gasteiger partial charge in [-0.3, -0.25) is 14.4 Å². The summed E-state index contributed by atoms with van der Waals surface area (Å²) in [6.07, 6.45) is -0.0239. The monoisotopic (exact) mass is 481 g/mol. The molecule has 8 heteroatoms. The van der Waals surface area contributed by atoms with Crippen LogP contribution < -0.4 is 10.1 Å². The quantitative estimate of drug-likeness (QED) is 0.725. The van der Waals surface area contributed by atoms with Crippen LogP contribution in [0.15, 0.2) is 48.5 Å². The summed E-state index contributed by atoms with van der Waals surface area (Å²) in [5, 5.41) is 2.88. The number of nitrogens with one attached hydrogen (secondary N) is 1. The Hall–Kier alpha value is -3.39. The number of carbonyl (C=O) groups is 3. The van der Waals surface area contributed by atoms with E-state index in [4.69, 9.17) is 9.47 Å². The van der Waals surface area contributed by atoms with E-state index in [9.17, 15) is 14.4 Å². The van der Waals surface area contributed by atoms with Crippen molar-refractivity contribution in [1.29, 1.82) is 0 Å². The minimum absolute atomic E-state index is 0.00380. The lowest BCUT2D eigenvalue weighted by Crippen LogP contribution is -2.48. The molecular formula is C27H35N3O5. The van der Waals surface area contributed by atoms with Crippen LogP contribution in [0.5, 0.6) is 5.75 Å². The molecule has 2 aromatic carbocycles. The van der Waals surface area contributed by atoms with E-state index in [0.29, 0.717) is 30.1 Å². The predicted molar refractivity (Wildman–Crippen MR) is 134 cm³/mol. The van der Waals surface area contributed by atoms with Crippen LogP contribution in [0.1, 0.15) is 36.7 Å². The van der Waals surface area contributed by atoms with Crippen LogP contribution in [-0.4, -0.2) is 73.5 Å². The fourth-order valence-electron chi connectivity index (χ4n) is 4.28. The summed E-state index contributed by atoms with van der Waals surface area (Å²) in [7, 11) is 3.33. The van der Waals surface area contributed by atoms with E-state index < -0.39 is 0 Å². The molecule has 0 aromatic heterocycles. The van der Waals surface area contributed by atoms with E-state index in [2.05, 4.69) is 5.32 Å². The average Bonchev–Trinajstić information content (AvgIpc) is 2.83. The topological polar surface area (TPSA) is 88.2 Å². The van der Waals surface area contributed by atoms with Crippen LogP contribution in [0.25, 0.3) is 0 Å². The molecule has 0 fully saturated rings. The highest BCUT2D eigenvalue weighted by Crippen LogP contribution is 2.26. The fraction of sp³-hybridized carbons (Fsp3) is 0.444. The molecule has 0 saturated carbocycles. The number of hydrogen-bond donors (Lipinski definition) is 1. The van der Waals surface area contributed by atoms with Gasteiger partial charge in [-0.1, -0.05) is 37.3 Å². The maximum absolute atomic E-state index is 13.4. The smallest absolute Gasteiger partial charge is 0.257 e. The van der Waals surface area contributed by atoms with Gasteiger partial charge in [0.05, 0.1) is 24.1 Å². The van der Waals surface area contributed by atoms with Crippen LogP contribution >= 0.6 is 0 Å². The van der Waals surface area contributed by atoms with Gasteiger partial charge in [0.1, 0.15) is 12.4 Å². The number of anilines is 1. The molecule has 3 amide bonds. The highest BCUT2D eigenvalue weighted by Gasteiger charge is 2.29. The highest BCUT2D eigenvalue weighted by atomic mass is 16.5. The van der Waals surface area contributed by atoms with Crippen molar-refractivity contribution in [2.75, 3.05) is 39.2 Å². The minimum Gasteiger partial charge on any atom is -0.491 e. The lowest BCUT2D eigenvalue weighted by atomic mass is 10.0. The van der Waals surface area contributed by atoms with Crippen LogP contribution in [0.2, 0.25) is 0 Å². The number of methoxy groups -OCH3 is 1. The molecule has 35 heavy (non-hydrogen) atoms. The lowest BCUT2D eigenvalue weighted by molar-refractivity contribution is -0.133. The zero-order valence-corrected chi connectivity index (χ0v) is 21.1. The lowest BCUT2D eigenvalue weighted by Gasteiger charge is -2.35. The zero-order valence-electron chi connectivity index (χ0n) is 21.1. The summed E-state index contributed by atoms with van der Waals surface area (Å²) in [5.41, 5.74) is 1.76. The van der Waals surface area contributed by atoms with Crippen molar-refractivity contribution in [3.05, 3.63) is 59.7 Å². The van der Waals surface area contributed by atoms with Gasteiger partial charge < -0.3 is 24.6 Å². The largest absolute Gasteiger partial charge is 0.491 e. The molecule has 1 aliphatic heterocycles. The molecule has 188 valence electrons. The molecule has 1 N–H and O–H groups in total. The molecule has 0 spiro atoms. The van der Waals surface area contributed by atoms with Gasteiger partial charge in [-0.25, -0.2) is 0 Å². The van der Waals surface area contributed by atoms with Crippen LogP contribution in [0.3, 0.4) is 0 Å². The first-order chi connectivity index (χ1) is 16.7. The second-order valence-corrected chi connectivity index (χ2v) is 9.19. The van der Waals surface area contributed by atoms with E-state index in [1.807, 2.05) is 44.2 Å². The van der Waals surface area contributed by atoms with Crippen molar-refractivity contribution in [3.63, 3.8) is 0 Å². The van der Waals surface area contributed by atoms with Gasteiger partial charge in [-0.15, -0.1) is 0 Å². The maximum atomic E-state index is 13.4. The van der Waals surface area contributed by atoms with Crippen molar-refractivity contribution in [1.82, 2.24) is 9.80 Å². The van der Waals surface area contributed by atoms with Crippen molar-refractivity contribution in [3.8, 4) is 5.75 Å². The standard InChI is InChI=1S/C27H35N3O5/c1-18-15-30(20(3)31)19(2)17-35-24-12-11-22(28-26(32)13-21-9-7-6-8-10-21)14-23(24)27(33)29(4)16-25(18)34-5/h6-12,14,18-19,25H,13,15-17H2,1-5H3,(H,28,32)/t18-,19-,25-/m0/s1. The number of amides is 3. The van der Waals surface area contributed by atoms with Crippen LogP contribution in [0.4, 0.5) is 5.69 Å². The van der Waals surface area contributed by atoms with Crippen LogP contribution in [-0.2, 0) is 20.7 Å². The average molecular weight is 482 g/mol. The Labute approximate surface area is 207 Å². The van der Waals surface area contributed by atoms with E-state index >= 15 is 0 Å². The first-order valence-corrected chi connectivity index (χ1v) is 11.9. The Kier molecular flexibility index (Phi) is 8.87. The molecule has 2 aromatic rings.